The number of hydrogen-bond acceptors (Lipinski definition) is 4. The van der Waals surface area contributed by atoms with E-state index >= 15 is 0 Å². The normalized spacial score (nSPS) is 11.3. The third-order valence-electron chi connectivity index (χ3n) is 1.96. The van der Waals surface area contributed by atoms with Crippen molar-refractivity contribution in [2.75, 3.05) is 26.2 Å². The number of aliphatic hydroxyl groups is 1. The molecule has 0 saturated heterocycles. The van der Waals surface area contributed by atoms with Gasteiger partial charge in [0.1, 0.15) is 5.60 Å². The van der Waals surface area contributed by atoms with E-state index in [-0.39, 0.29) is 12.7 Å². The Morgan fingerprint density at radius 1 is 1.12 bits per heavy atom. The van der Waals surface area contributed by atoms with Crippen LogP contribution in [-0.2, 0) is 4.74 Å². The smallest absolute Gasteiger partial charge is 0.407 e. The maximum absolute atomic E-state index is 11.3. The highest BCUT2D eigenvalue weighted by Crippen LogP contribution is 2.06. The van der Waals surface area contributed by atoms with Crippen LogP contribution in [0.25, 0.3) is 0 Å². The Morgan fingerprint density at radius 2 is 1.76 bits per heavy atom. The third kappa shape index (κ3) is 13.1. The SMILES string of the molecule is CC(C)(C)OC(=O)NCCCNCCCCO. The highest BCUT2D eigenvalue weighted by Gasteiger charge is 2.15. The molecule has 0 saturated carbocycles. The summed E-state index contributed by atoms with van der Waals surface area (Å²) < 4.78 is 5.10. The molecule has 0 heterocycles. The van der Waals surface area contributed by atoms with Crippen LogP contribution in [0.3, 0.4) is 0 Å². The molecule has 1 amide bonds. The number of aliphatic hydroxyl groups excluding tert-OH is 1. The monoisotopic (exact) mass is 246 g/mol. The Balaban J connectivity index is 3.25. The lowest BCUT2D eigenvalue weighted by atomic mass is 10.2. The van der Waals surface area contributed by atoms with Crippen molar-refractivity contribution < 1.29 is 14.6 Å². The largest absolute Gasteiger partial charge is 0.444 e. The first-order valence-electron chi connectivity index (χ1n) is 6.24. The van der Waals surface area contributed by atoms with Gasteiger partial charge in [0.2, 0.25) is 0 Å². The molecule has 0 radical (unpaired) electrons. The number of nitrogens with one attached hydrogen (secondary N) is 2. The molecule has 102 valence electrons. The Morgan fingerprint density at radius 3 is 2.35 bits per heavy atom. The standard InChI is InChI=1S/C12H26N2O3/c1-12(2,3)17-11(16)14-9-6-8-13-7-4-5-10-15/h13,15H,4-10H2,1-3H3,(H,14,16). The van der Waals surface area contributed by atoms with Crippen molar-refractivity contribution in [1.82, 2.24) is 10.6 Å². The Bertz CT molecular complexity index is 202. The van der Waals surface area contributed by atoms with E-state index < -0.39 is 5.60 Å². The van der Waals surface area contributed by atoms with Crippen LogP contribution in [0.5, 0.6) is 0 Å². The summed E-state index contributed by atoms with van der Waals surface area (Å²) in [6.07, 6.45) is 2.33. The van der Waals surface area contributed by atoms with Gasteiger partial charge in [-0.2, -0.15) is 0 Å². The highest BCUT2D eigenvalue weighted by molar-refractivity contribution is 5.67. The van der Waals surface area contributed by atoms with Crippen LogP contribution in [0.1, 0.15) is 40.0 Å². The summed E-state index contributed by atoms with van der Waals surface area (Å²) in [4.78, 5) is 11.3. The van der Waals surface area contributed by atoms with Gasteiger partial charge in [-0.25, -0.2) is 4.79 Å². The van der Waals surface area contributed by atoms with Gasteiger partial charge in [0, 0.05) is 13.2 Å². The molecule has 3 N–H and O–H groups in total. The van der Waals surface area contributed by atoms with Crippen molar-refractivity contribution in [2.45, 2.75) is 45.6 Å². The van der Waals surface area contributed by atoms with Crippen molar-refractivity contribution in [3.8, 4) is 0 Å². The summed E-state index contributed by atoms with van der Waals surface area (Å²) in [5.74, 6) is 0. The first kappa shape index (κ1) is 16.2. The van der Waals surface area contributed by atoms with Crippen molar-refractivity contribution in [2.24, 2.45) is 0 Å². The Hall–Kier alpha value is -0.810. The summed E-state index contributed by atoms with van der Waals surface area (Å²) in [5.41, 5.74) is -0.438. The minimum Gasteiger partial charge on any atom is -0.444 e. The molecule has 0 aromatic carbocycles. The molecule has 0 unspecified atom stereocenters. The minimum absolute atomic E-state index is 0.252. The van der Waals surface area contributed by atoms with Gasteiger partial charge >= 0.3 is 6.09 Å². The molecular weight excluding hydrogens is 220 g/mol. The van der Waals surface area contributed by atoms with Gasteiger partial charge in [0.15, 0.2) is 0 Å². The second kappa shape index (κ2) is 9.24. The minimum atomic E-state index is -0.438. The topological polar surface area (TPSA) is 70.6 Å². The van der Waals surface area contributed by atoms with Gasteiger partial charge in [0.05, 0.1) is 0 Å². The van der Waals surface area contributed by atoms with Crippen LogP contribution in [-0.4, -0.2) is 43.0 Å². The quantitative estimate of drug-likeness (QED) is 0.564. The molecule has 5 heteroatoms. The Labute approximate surface area is 104 Å². The number of carbonyl (C=O) groups excluding carboxylic acids is 1. The molecular formula is C12H26N2O3. The molecule has 0 fully saturated rings. The molecule has 0 rings (SSSR count). The van der Waals surface area contributed by atoms with Crippen molar-refractivity contribution in [3.63, 3.8) is 0 Å². The Kier molecular flexibility index (Phi) is 8.80. The van der Waals surface area contributed by atoms with Crippen LogP contribution in [0.4, 0.5) is 4.79 Å². The summed E-state index contributed by atoms with van der Waals surface area (Å²) in [7, 11) is 0. The highest BCUT2D eigenvalue weighted by atomic mass is 16.6. The van der Waals surface area contributed by atoms with E-state index in [4.69, 9.17) is 9.84 Å². The van der Waals surface area contributed by atoms with Gasteiger partial charge < -0.3 is 20.5 Å². The fourth-order valence-corrected chi connectivity index (χ4v) is 1.20. The van der Waals surface area contributed by atoms with Crippen molar-refractivity contribution >= 4 is 6.09 Å². The van der Waals surface area contributed by atoms with E-state index in [1.165, 1.54) is 0 Å². The molecule has 0 aromatic rings. The van der Waals surface area contributed by atoms with E-state index in [0.717, 1.165) is 32.4 Å². The van der Waals surface area contributed by atoms with E-state index in [2.05, 4.69) is 10.6 Å². The number of unbranched alkanes of at least 4 members (excludes halogenated alkanes) is 1. The van der Waals surface area contributed by atoms with Crippen LogP contribution < -0.4 is 10.6 Å². The zero-order valence-corrected chi connectivity index (χ0v) is 11.2. The first-order chi connectivity index (χ1) is 7.95. The lowest BCUT2D eigenvalue weighted by molar-refractivity contribution is 0.0527. The summed E-state index contributed by atoms with van der Waals surface area (Å²) in [6.45, 7) is 8.16. The number of ether oxygens (including phenoxy) is 1. The predicted molar refractivity (Wildman–Crippen MR) is 68.0 cm³/mol. The zero-order chi connectivity index (χ0) is 13.1. The molecule has 0 aliphatic heterocycles. The summed E-state index contributed by atoms with van der Waals surface area (Å²) >= 11 is 0. The van der Waals surface area contributed by atoms with Gasteiger partial charge in [-0.15, -0.1) is 0 Å². The number of carbonyl (C=O) groups is 1. The summed E-state index contributed by atoms with van der Waals surface area (Å²) in [6, 6.07) is 0. The van der Waals surface area contributed by atoms with E-state index in [1.807, 2.05) is 20.8 Å². The maximum atomic E-state index is 11.3. The molecule has 0 aliphatic rings. The van der Waals surface area contributed by atoms with Gasteiger partial charge in [-0.1, -0.05) is 0 Å². The average Bonchev–Trinajstić information content (AvgIpc) is 2.19. The molecule has 0 bridgehead atoms. The molecule has 0 aliphatic carbocycles. The zero-order valence-electron chi connectivity index (χ0n) is 11.2. The van der Waals surface area contributed by atoms with E-state index in [0.29, 0.717) is 6.54 Å². The number of alkyl carbamates (subject to hydrolysis) is 1. The third-order valence-corrected chi connectivity index (χ3v) is 1.96. The lowest BCUT2D eigenvalue weighted by Gasteiger charge is -2.19. The van der Waals surface area contributed by atoms with E-state index in [9.17, 15) is 4.79 Å². The summed E-state index contributed by atoms with van der Waals surface area (Å²) in [5, 5.41) is 14.5. The van der Waals surface area contributed by atoms with Crippen molar-refractivity contribution in [3.05, 3.63) is 0 Å². The molecule has 0 spiro atoms. The second-order valence-electron chi connectivity index (χ2n) is 4.96. The number of amides is 1. The van der Waals surface area contributed by atoms with Crippen LogP contribution in [0.2, 0.25) is 0 Å². The molecule has 0 aromatic heterocycles. The maximum Gasteiger partial charge on any atom is 0.407 e. The van der Waals surface area contributed by atoms with Gasteiger partial charge in [0.25, 0.3) is 0 Å². The molecule has 17 heavy (non-hydrogen) atoms. The molecule has 0 atom stereocenters. The first-order valence-corrected chi connectivity index (χ1v) is 6.24. The second-order valence-corrected chi connectivity index (χ2v) is 4.96. The van der Waals surface area contributed by atoms with Crippen molar-refractivity contribution in [1.29, 1.82) is 0 Å². The predicted octanol–water partition coefficient (Wildman–Crippen LogP) is 1.26. The van der Waals surface area contributed by atoms with Crippen LogP contribution in [0, 0.1) is 0 Å². The van der Waals surface area contributed by atoms with E-state index in [1.54, 1.807) is 0 Å². The van der Waals surface area contributed by atoms with Crippen LogP contribution in [0.15, 0.2) is 0 Å². The molecule has 5 nitrogen and oxygen atoms in total. The lowest BCUT2D eigenvalue weighted by Crippen LogP contribution is -2.34. The van der Waals surface area contributed by atoms with Gasteiger partial charge in [-0.3, -0.25) is 0 Å². The van der Waals surface area contributed by atoms with Gasteiger partial charge in [-0.05, 0) is 53.1 Å². The fraction of sp³-hybridized carbons (Fsp3) is 0.917. The number of rotatable bonds is 8. The number of hydrogen-bond donors (Lipinski definition) is 3. The average molecular weight is 246 g/mol. The fourth-order valence-electron chi connectivity index (χ4n) is 1.20. The van der Waals surface area contributed by atoms with Crippen LogP contribution >= 0.6 is 0 Å².